The molecule has 6 nitrogen and oxygen atoms in total. The maximum absolute atomic E-state index is 13.1. The van der Waals surface area contributed by atoms with Gasteiger partial charge in [-0.3, -0.25) is 4.79 Å². The molecule has 0 aliphatic carbocycles. The number of benzene rings is 1. The summed E-state index contributed by atoms with van der Waals surface area (Å²) in [5, 5.41) is 2.89. The highest BCUT2D eigenvalue weighted by Crippen LogP contribution is 2.38. The average molecular weight is 396 g/mol. The number of carbonyl (C=O) groups is 1. The Labute approximate surface area is 156 Å². The van der Waals surface area contributed by atoms with Crippen LogP contribution in [0.4, 0.5) is 19.0 Å². The van der Waals surface area contributed by atoms with E-state index in [0.717, 1.165) is 18.2 Å². The van der Waals surface area contributed by atoms with Crippen LogP contribution in [0.2, 0.25) is 5.02 Å². The number of carbonyl (C=O) groups excluding carboxylic acids is 1. The number of nitrogens with one attached hydrogen (secondary N) is 2. The van der Waals surface area contributed by atoms with Crippen molar-refractivity contribution >= 4 is 23.3 Å². The first kappa shape index (κ1) is 18.7. The van der Waals surface area contributed by atoms with Crippen LogP contribution in [-0.4, -0.2) is 27.9 Å². The molecule has 0 unspecified atom stereocenters. The van der Waals surface area contributed by atoms with Crippen LogP contribution in [0.25, 0.3) is 22.5 Å². The van der Waals surface area contributed by atoms with Crippen LogP contribution in [0.5, 0.6) is 0 Å². The Bertz CT molecular complexity index is 1020. The molecule has 0 aliphatic rings. The van der Waals surface area contributed by atoms with Crippen LogP contribution in [0.3, 0.4) is 0 Å². The lowest BCUT2D eigenvalue weighted by Crippen LogP contribution is -2.13. The minimum absolute atomic E-state index is 0.0330. The number of anilines is 1. The smallest absolute Gasteiger partial charge is 0.373 e. The quantitative estimate of drug-likeness (QED) is 0.623. The van der Waals surface area contributed by atoms with Gasteiger partial charge in [0.05, 0.1) is 17.0 Å². The lowest BCUT2D eigenvalue weighted by Gasteiger charge is -2.10. The van der Waals surface area contributed by atoms with Gasteiger partial charge in [0.1, 0.15) is 17.8 Å². The minimum Gasteiger partial charge on any atom is -0.373 e. The van der Waals surface area contributed by atoms with Gasteiger partial charge in [-0.05, 0) is 24.3 Å². The summed E-state index contributed by atoms with van der Waals surface area (Å²) >= 11 is 6.09. The summed E-state index contributed by atoms with van der Waals surface area (Å²) in [4.78, 5) is 22.7. The van der Waals surface area contributed by atoms with E-state index in [1.807, 2.05) is 0 Å². The monoisotopic (exact) mass is 395 g/mol. The summed E-state index contributed by atoms with van der Waals surface area (Å²) < 4.78 is 39.2. The molecule has 0 saturated heterocycles. The molecule has 0 fully saturated rings. The van der Waals surface area contributed by atoms with Crippen LogP contribution < -0.4 is 11.1 Å². The Morgan fingerprint density at radius 2 is 1.93 bits per heavy atom. The molecule has 27 heavy (non-hydrogen) atoms. The standard InChI is InChI=1S/C17H13ClF3N5O/c1-23-14-6-12(24-7-25-14)13-5-10(15(26-13)16(22)27)9-4-8(17(19,20)21)2-3-11(9)18/h2-7,26H,1H3,(H2,22,27)(H,23,24,25). The molecule has 4 N–H and O–H groups in total. The van der Waals surface area contributed by atoms with E-state index in [4.69, 9.17) is 17.3 Å². The molecular formula is C17H13ClF3N5O. The maximum Gasteiger partial charge on any atom is 0.416 e. The van der Waals surface area contributed by atoms with Crippen molar-refractivity contribution < 1.29 is 18.0 Å². The number of aromatic nitrogens is 3. The average Bonchev–Trinajstić information content (AvgIpc) is 3.06. The lowest BCUT2D eigenvalue weighted by molar-refractivity contribution is -0.137. The van der Waals surface area contributed by atoms with Gasteiger partial charge in [0.2, 0.25) is 0 Å². The molecule has 0 spiro atoms. The van der Waals surface area contributed by atoms with Crippen molar-refractivity contribution in [3.8, 4) is 22.5 Å². The van der Waals surface area contributed by atoms with Gasteiger partial charge in [0, 0.05) is 29.3 Å². The molecule has 1 aromatic carbocycles. The Hall–Kier alpha value is -3.07. The van der Waals surface area contributed by atoms with Gasteiger partial charge in [0.25, 0.3) is 5.91 Å². The van der Waals surface area contributed by atoms with Gasteiger partial charge in [-0.25, -0.2) is 9.97 Å². The number of H-pyrrole nitrogens is 1. The van der Waals surface area contributed by atoms with Crippen molar-refractivity contribution in [2.45, 2.75) is 6.18 Å². The number of alkyl halides is 3. The number of rotatable bonds is 4. The van der Waals surface area contributed by atoms with E-state index in [1.54, 1.807) is 13.1 Å². The van der Waals surface area contributed by atoms with Crippen molar-refractivity contribution in [3.05, 3.63) is 52.9 Å². The zero-order valence-electron chi connectivity index (χ0n) is 13.9. The summed E-state index contributed by atoms with van der Waals surface area (Å²) in [5.41, 5.74) is 5.42. The van der Waals surface area contributed by atoms with Gasteiger partial charge in [-0.2, -0.15) is 13.2 Å². The van der Waals surface area contributed by atoms with Crippen LogP contribution in [0, 0.1) is 0 Å². The number of aromatic amines is 1. The summed E-state index contributed by atoms with van der Waals surface area (Å²) in [6.07, 6.45) is -3.25. The molecule has 1 amide bonds. The Kier molecular flexibility index (Phi) is 4.79. The normalized spacial score (nSPS) is 11.4. The molecule has 2 aromatic heterocycles. The second-order valence-corrected chi connectivity index (χ2v) is 5.97. The van der Waals surface area contributed by atoms with Gasteiger partial charge < -0.3 is 16.0 Å². The fraction of sp³-hybridized carbons (Fsp3) is 0.118. The second-order valence-electron chi connectivity index (χ2n) is 5.57. The predicted octanol–water partition coefficient (Wildman–Crippen LogP) is 3.95. The number of hydrogen-bond acceptors (Lipinski definition) is 4. The predicted molar refractivity (Wildman–Crippen MR) is 95.3 cm³/mol. The van der Waals surface area contributed by atoms with Crippen LogP contribution >= 0.6 is 11.6 Å². The van der Waals surface area contributed by atoms with Crippen molar-refractivity contribution in [2.75, 3.05) is 12.4 Å². The number of amides is 1. The first-order chi connectivity index (χ1) is 12.7. The summed E-state index contributed by atoms with van der Waals surface area (Å²) in [6.45, 7) is 0. The highest BCUT2D eigenvalue weighted by molar-refractivity contribution is 6.33. The number of nitrogens with two attached hydrogens (primary N) is 1. The fourth-order valence-electron chi connectivity index (χ4n) is 2.55. The van der Waals surface area contributed by atoms with E-state index >= 15 is 0 Å². The van der Waals surface area contributed by atoms with Crippen LogP contribution in [0.15, 0.2) is 36.7 Å². The zero-order chi connectivity index (χ0) is 19.8. The molecule has 3 rings (SSSR count). The molecule has 0 saturated carbocycles. The number of halogens is 4. The molecule has 0 aliphatic heterocycles. The highest BCUT2D eigenvalue weighted by Gasteiger charge is 2.31. The van der Waals surface area contributed by atoms with Gasteiger partial charge in [0.15, 0.2) is 0 Å². The van der Waals surface area contributed by atoms with E-state index in [-0.39, 0.29) is 21.8 Å². The molecular weight excluding hydrogens is 383 g/mol. The molecule has 3 aromatic rings. The largest absolute Gasteiger partial charge is 0.416 e. The first-order valence-corrected chi connectivity index (χ1v) is 7.98. The zero-order valence-corrected chi connectivity index (χ0v) is 14.6. The minimum atomic E-state index is -4.56. The van der Waals surface area contributed by atoms with E-state index in [0.29, 0.717) is 17.2 Å². The number of primary amides is 1. The van der Waals surface area contributed by atoms with Crippen LogP contribution in [0.1, 0.15) is 16.1 Å². The summed E-state index contributed by atoms with van der Waals surface area (Å²) in [6, 6.07) is 5.95. The Morgan fingerprint density at radius 3 is 2.56 bits per heavy atom. The molecule has 140 valence electrons. The maximum atomic E-state index is 13.1. The molecule has 0 atom stereocenters. The topological polar surface area (TPSA) is 96.7 Å². The van der Waals surface area contributed by atoms with Crippen molar-refractivity contribution in [1.29, 1.82) is 0 Å². The van der Waals surface area contributed by atoms with E-state index in [1.165, 1.54) is 12.4 Å². The first-order valence-electron chi connectivity index (χ1n) is 7.61. The Morgan fingerprint density at radius 1 is 1.19 bits per heavy atom. The third kappa shape index (κ3) is 3.72. The summed E-state index contributed by atoms with van der Waals surface area (Å²) in [5.74, 6) is -0.318. The number of nitrogens with zero attached hydrogens (tertiary/aromatic N) is 2. The second kappa shape index (κ2) is 6.92. The molecule has 10 heteroatoms. The third-order valence-electron chi connectivity index (χ3n) is 3.85. The molecule has 0 radical (unpaired) electrons. The number of hydrogen-bond donors (Lipinski definition) is 3. The lowest BCUT2D eigenvalue weighted by atomic mass is 10.0. The fourth-order valence-corrected chi connectivity index (χ4v) is 2.77. The van der Waals surface area contributed by atoms with Crippen molar-refractivity contribution in [1.82, 2.24) is 15.0 Å². The third-order valence-corrected chi connectivity index (χ3v) is 4.18. The SMILES string of the molecule is CNc1cc(-c2cc(-c3cc(C(F)(F)F)ccc3Cl)c(C(N)=O)[nH]2)ncn1. The van der Waals surface area contributed by atoms with Gasteiger partial charge >= 0.3 is 6.18 Å². The molecule has 2 heterocycles. The van der Waals surface area contributed by atoms with Crippen LogP contribution in [-0.2, 0) is 6.18 Å². The van der Waals surface area contributed by atoms with Crippen molar-refractivity contribution in [3.63, 3.8) is 0 Å². The van der Waals surface area contributed by atoms with E-state index in [2.05, 4.69) is 20.3 Å². The van der Waals surface area contributed by atoms with Crippen molar-refractivity contribution in [2.24, 2.45) is 5.73 Å². The molecule has 0 bridgehead atoms. The highest BCUT2D eigenvalue weighted by atomic mass is 35.5. The van der Waals surface area contributed by atoms with E-state index < -0.39 is 17.6 Å². The van der Waals surface area contributed by atoms with Gasteiger partial charge in [-0.15, -0.1) is 0 Å². The summed E-state index contributed by atoms with van der Waals surface area (Å²) in [7, 11) is 1.67. The Balaban J connectivity index is 2.19. The van der Waals surface area contributed by atoms with E-state index in [9.17, 15) is 18.0 Å². The van der Waals surface area contributed by atoms with Gasteiger partial charge in [-0.1, -0.05) is 11.6 Å².